The highest BCUT2D eigenvalue weighted by Gasteiger charge is 2.55. The molecule has 2 aromatic carbocycles. The quantitative estimate of drug-likeness (QED) is 0.191. The minimum absolute atomic E-state index is 1.30. The predicted octanol–water partition coefficient (Wildman–Crippen LogP) is 7.66. The molecule has 0 radical (unpaired) electrons. The lowest BCUT2D eigenvalue weighted by molar-refractivity contribution is 0.858. The summed E-state index contributed by atoms with van der Waals surface area (Å²) in [5.74, 6) is 0. The summed E-state index contributed by atoms with van der Waals surface area (Å²) in [4.78, 5) is 0. The fourth-order valence-electron chi connectivity index (χ4n) is 7.16. The van der Waals surface area contributed by atoms with Gasteiger partial charge in [0.2, 0.25) is 0 Å². The van der Waals surface area contributed by atoms with Crippen molar-refractivity contribution in [2.45, 2.75) is 90.1 Å². The van der Waals surface area contributed by atoms with Crippen molar-refractivity contribution < 1.29 is 0 Å². The number of benzene rings is 2. The van der Waals surface area contributed by atoms with E-state index >= 15 is 0 Å². The van der Waals surface area contributed by atoms with Crippen LogP contribution in [0.5, 0.6) is 0 Å². The second-order valence-corrected chi connectivity index (χ2v) is 44.4. The SMILES string of the molecule is CC1=C(C)C[Si](CCCC[Si](c2ccccc2)([Si](C)(C)C)[Si](C)(C)C)(c2ccccc2)C1. The zero-order chi connectivity index (χ0) is 23.6. The minimum atomic E-state index is -1.50. The Morgan fingerprint density at radius 2 is 1.12 bits per heavy atom. The van der Waals surface area contributed by atoms with Gasteiger partial charge < -0.3 is 0 Å². The molecule has 0 nitrogen and oxygen atoms in total. The van der Waals surface area contributed by atoms with E-state index in [4.69, 9.17) is 0 Å². The smallest absolute Gasteiger partial charge is 0.0770 e. The Morgan fingerprint density at radius 1 is 0.656 bits per heavy atom. The molecular weight excluding hydrogens is 449 g/mol. The third-order valence-electron chi connectivity index (χ3n) is 8.61. The van der Waals surface area contributed by atoms with Crippen molar-refractivity contribution in [2.75, 3.05) is 0 Å². The van der Waals surface area contributed by atoms with Gasteiger partial charge in [0, 0.05) is 15.2 Å². The minimum Gasteiger partial charge on any atom is -0.0770 e. The highest BCUT2D eigenvalue weighted by molar-refractivity contribution is 7.72. The molecule has 1 heterocycles. The molecule has 0 amide bonds. The summed E-state index contributed by atoms with van der Waals surface area (Å²) in [6.07, 6.45) is 2.87. The van der Waals surface area contributed by atoms with Crippen molar-refractivity contribution in [3.05, 3.63) is 71.8 Å². The molecule has 0 bridgehead atoms. The van der Waals surface area contributed by atoms with Gasteiger partial charge in [-0.05, 0) is 25.9 Å². The van der Waals surface area contributed by atoms with Gasteiger partial charge in [0.1, 0.15) is 0 Å². The van der Waals surface area contributed by atoms with Gasteiger partial charge in [0.15, 0.2) is 0 Å². The summed E-state index contributed by atoms with van der Waals surface area (Å²) < 4.78 is 0. The Hall–Kier alpha value is -0.952. The number of hydrogen-bond donors (Lipinski definition) is 0. The number of allylic oxidation sites excluding steroid dienone is 2. The van der Waals surface area contributed by atoms with Crippen LogP contribution in [0.3, 0.4) is 0 Å². The molecule has 1 aliphatic heterocycles. The van der Waals surface area contributed by atoms with E-state index in [1.54, 1.807) is 21.5 Å². The van der Waals surface area contributed by atoms with E-state index in [2.05, 4.69) is 114 Å². The van der Waals surface area contributed by atoms with Crippen molar-refractivity contribution in [3.63, 3.8) is 0 Å². The van der Waals surface area contributed by atoms with Gasteiger partial charge in [-0.1, -0.05) is 146 Å². The van der Waals surface area contributed by atoms with Crippen LogP contribution in [0.2, 0.25) is 63.5 Å². The monoisotopic (exact) mass is 494 g/mol. The summed E-state index contributed by atoms with van der Waals surface area (Å²) in [5, 5.41) is 3.49. The van der Waals surface area contributed by atoms with Gasteiger partial charge in [0.25, 0.3) is 0 Å². The maximum atomic E-state index is 2.69. The Labute approximate surface area is 202 Å². The molecule has 1 aliphatic rings. The van der Waals surface area contributed by atoms with Gasteiger partial charge in [-0.3, -0.25) is 0 Å². The highest BCUT2D eigenvalue weighted by Crippen LogP contribution is 2.40. The van der Waals surface area contributed by atoms with E-state index in [1.165, 1.54) is 37.0 Å². The molecule has 0 atom stereocenters. The Bertz CT molecular complexity index is 889. The van der Waals surface area contributed by atoms with Crippen LogP contribution < -0.4 is 10.4 Å². The molecule has 32 heavy (non-hydrogen) atoms. The van der Waals surface area contributed by atoms with E-state index < -0.39 is 30.4 Å². The molecule has 0 N–H and O–H groups in total. The summed E-state index contributed by atoms with van der Waals surface area (Å²) in [6.45, 7) is 21.0. The van der Waals surface area contributed by atoms with Crippen molar-refractivity contribution in [3.8, 4) is 0 Å². The summed E-state index contributed by atoms with van der Waals surface area (Å²) in [7, 11) is -5.53. The second-order valence-electron chi connectivity index (χ2n) is 12.5. The van der Waals surface area contributed by atoms with E-state index in [-0.39, 0.29) is 0 Å². The molecule has 3 rings (SSSR count). The highest BCUT2D eigenvalue weighted by atomic mass is 29.6. The van der Waals surface area contributed by atoms with Crippen LogP contribution in [0.4, 0.5) is 0 Å². The predicted molar refractivity (Wildman–Crippen MR) is 157 cm³/mol. The number of rotatable bonds is 9. The first kappa shape index (κ1) is 25.7. The van der Waals surface area contributed by atoms with Crippen LogP contribution in [0, 0.1) is 0 Å². The second kappa shape index (κ2) is 9.73. The first-order valence-corrected chi connectivity index (χ1v) is 26.5. The van der Waals surface area contributed by atoms with Crippen LogP contribution in [0.15, 0.2) is 71.8 Å². The van der Waals surface area contributed by atoms with Gasteiger partial charge in [-0.15, -0.1) is 0 Å². The molecule has 0 aromatic heterocycles. The molecule has 2 aromatic rings. The van der Waals surface area contributed by atoms with Crippen LogP contribution in [-0.2, 0) is 0 Å². The zero-order valence-corrected chi connectivity index (χ0v) is 26.0. The lowest BCUT2D eigenvalue weighted by atomic mass is 10.2. The Balaban J connectivity index is 1.83. The number of unbranched alkanes of at least 4 members (excludes halogenated alkanes) is 1. The summed E-state index contributed by atoms with van der Waals surface area (Å²) in [6, 6.07) is 29.3. The molecule has 0 saturated heterocycles. The van der Waals surface area contributed by atoms with Crippen LogP contribution in [-0.4, -0.2) is 30.4 Å². The van der Waals surface area contributed by atoms with E-state index in [0.717, 1.165) is 0 Å². The molecule has 174 valence electrons. The van der Waals surface area contributed by atoms with Gasteiger partial charge in [-0.25, -0.2) is 0 Å². The Kier molecular flexibility index (Phi) is 7.80. The van der Waals surface area contributed by atoms with Crippen molar-refractivity contribution in [1.29, 1.82) is 0 Å². The zero-order valence-electron chi connectivity index (χ0n) is 22.0. The van der Waals surface area contributed by atoms with Crippen LogP contribution in [0.1, 0.15) is 26.7 Å². The van der Waals surface area contributed by atoms with Gasteiger partial charge in [0.05, 0.1) is 15.2 Å². The van der Waals surface area contributed by atoms with Gasteiger partial charge >= 0.3 is 0 Å². The normalized spacial score (nSPS) is 17.1. The molecule has 4 heteroatoms. The maximum absolute atomic E-state index is 2.69. The van der Waals surface area contributed by atoms with Crippen molar-refractivity contribution >= 4 is 40.7 Å². The lowest BCUT2D eigenvalue weighted by Crippen LogP contribution is -2.78. The molecule has 0 fully saturated rings. The third-order valence-corrected chi connectivity index (χ3v) is 53.5. The third kappa shape index (κ3) is 4.93. The molecule has 0 spiro atoms. The maximum Gasteiger partial charge on any atom is 0.0946 e. The summed E-state index contributed by atoms with van der Waals surface area (Å²) >= 11 is 0. The topological polar surface area (TPSA) is 0 Å². The molecule has 0 unspecified atom stereocenters. The fraction of sp³-hybridized carbons (Fsp3) is 0.500. The largest absolute Gasteiger partial charge is 0.0946 e. The first-order valence-electron chi connectivity index (χ1n) is 12.7. The fourth-order valence-corrected chi connectivity index (χ4v) is 58.9. The van der Waals surface area contributed by atoms with Crippen molar-refractivity contribution in [2.24, 2.45) is 0 Å². The first-order chi connectivity index (χ1) is 14.9. The molecule has 0 aliphatic carbocycles. The Morgan fingerprint density at radius 3 is 1.59 bits per heavy atom. The van der Waals surface area contributed by atoms with E-state index in [0.29, 0.717) is 0 Å². The summed E-state index contributed by atoms with van der Waals surface area (Å²) in [5.41, 5.74) is 3.38. The van der Waals surface area contributed by atoms with Gasteiger partial charge in [-0.2, -0.15) is 0 Å². The molecular formula is C28H46Si4. The molecule has 0 saturated carbocycles. The van der Waals surface area contributed by atoms with E-state index in [1.807, 2.05) is 0 Å². The average Bonchev–Trinajstić information content (AvgIpc) is 3.02. The standard InChI is InChI=1S/C28H46Si4/c1-25-23-31(24-26(25)2,27-17-11-9-12-18-27)21-15-16-22-32(29(3,4)5,30(6,7)8)28-19-13-10-14-20-28/h9-14,17-20H,15-16,21-24H2,1-8H3. The van der Waals surface area contributed by atoms with Crippen LogP contribution >= 0.6 is 0 Å². The lowest BCUT2D eigenvalue weighted by Gasteiger charge is -2.51. The van der Waals surface area contributed by atoms with Crippen LogP contribution in [0.25, 0.3) is 0 Å². The van der Waals surface area contributed by atoms with Crippen molar-refractivity contribution in [1.82, 2.24) is 0 Å². The number of hydrogen-bond acceptors (Lipinski definition) is 0. The average molecular weight is 495 g/mol. The van der Waals surface area contributed by atoms with E-state index in [9.17, 15) is 0 Å².